The molecule has 4 nitrogen and oxygen atoms in total. The van der Waals surface area contributed by atoms with Crippen LogP contribution in [0.25, 0.3) is 0 Å². The molecular formula is C13H18ClN3O. The first kappa shape index (κ1) is 14.4. The third-order valence-electron chi connectivity index (χ3n) is 2.86. The maximum absolute atomic E-state index is 9.65. The molecule has 0 fully saturated rings. The van der Waals surface area contributed by atoms with E-state index >= 15 is 0 Å². The number of aromatic hydroxyl groups is 1. The smallest absolute Gasteiger partial charge is 0.120 e. The van der Waals surface area contributed by atoms with Crippen LogP contribution in [0.4, 0.5) is 5.69 Å². The number of para-hydroxylation sites is 1. The Morgan fingerprint density at radius 3 is 2.67 bits per heavy atom. The highest BCUT2D eigenvalue weighted by Crippen LogP contribution is 2.19. The molecule has 2 aromatic rings. The van der Waals surface area contributed by atoms with E-state index in [4.69, 9.17) is 0 Å². The zero-order valence-corrected chi connectivity index (χ0v) is 11.4. The monoisotopic (exact) mass is 267 g/mol. The molecule has 5 heteroatoms. The molecule has 0 bridgehead atoms. The van der Waals surface area contributed by atoms with Crippen LogP contribution in [0.5, 0.6) is 5.75 Å². The van der Waals surface area contributed by atoms with Crippen LogP contribution in [0.1, 0.15) is 18.2 Å². The first-order chi connectivity index (χ1) is 8.22. The van der Waals surface area contributed by atoms with Gasteiger partial charge in [-0.05, 0) is 19.9 Å². The molecule has 0 aliphatic rings. The molecule has 1 aromatic carbocycles. The summed E-state index contributed by atoms with van der Waals surface area (Å²) in [5.41, 5.74) is 3.01. The summed E-state index contributed by atoms with van der Waals surface area (Å²) < 4.78 is 1.94. The molecule has 1 aromatic heterocycles. The third kappa shape index (κ3) is 2.96. The second kappa shape index (κ2) is 6.31. The van der Waals surface area contributed by atoms with E-state index in [1.165, 1.54) is 0 Å². The van der Waals surface area contributed by atoms with Crippen LogP contribution in [0, 0.1) is 6.92 Å². The minimum absolute atomic E-state index is 0. The van der Waals surface area contributed by atoms with Crippen molar-refractivity contribution in [3.05, 3.63) is 41.7 Å². The summed E-state index contributed by atoms with van der Waals surface area (Å²) >= 11 is 0. The molecule has 0 aliphatic heterocycles. The van der Waals surface area contributed by atoms with Crippen molar-refractivity contribution < 1.29 is 5.11 Å². The number of hydrogen-bond acceptors (Lipinski definition) is 3. The maximum atomic E-state index is 9.65. The first-order valence-corrected chi connectivity index (χ1v) is 5.75. The molecule has 0 amide bonds. The van der Waals surface area contributed by atoms with Gasteiger partial charge in [-0.15, -0.1) is 12.4 Å². The van der Waals surface area contributed by atoms with E-state index in [1.54, 1.807) is 6.07 Å². The van der Waals surface area contributed by atoms with E-state index in [-0.39, 0.29) is 12.4 Å². The molecule has 2 N–H and O–H groups in total. The molecule has 1 heterocycles. The predicted octanol–water partition coefficient (Wildman–Crippen LogP) is 2.95. The Balaban J connectivity index is 0.00000162. The van der Waals surface area contributed by atoms with E-state index in [0.717, 1.165) is 23.5 Å². The quantitative estimate of drug-likeness (QED) is 0.895. The van der Waals surface area contributed by atoms with Gasteiger partial charge in [0.1, 0.15) is 5.75 Å². The van der Waals surface area contributed by atoms with Gasteiger partial charge in [0.2, 0.25) is 0 Å². The Morgan fingerprint density at radius 1 is 1.33 bits per heavy atom. The number of nitrogens with one attached hydrogen (secondary N) is 1. The number of benzene rings is 1. The summed E-state index contributed by atoms with van der Waals surface area (Å²) in [6.45, 7) is 5.56. The van der Waals surface area contributed by atoms with Crippen molar-refractivity contribution in [1.82, 2.24) is 9.78 Å². The van der Waals surface area contributed by atoms with Crippen molar-refractivity contribution >= 4 is 18.1 Å². The van der Waals surface area contributed by atoms with Gasteiger partial charge in [-0.25, -0.2) is 0 Å². The molecule has 0 radical (unpaired) electrons. The summed E-state index contributed by atoms with van der Waals surface area (Å²) in [5, 5.41) is 17.2. The average molecular weight is 268 g/mol. The fourth-order valence-electron chi connectivity index (χ4n) is 1.79. The van der Waals surface area contributed by atoms with E-state index in [2.05, 4.69) is 17.3 Å². The molecule has 0 aliphatic carbocycles. The van der Waals surface area contributed by atoms with E-state index in [1.807, 2.05) is 36.0 Å². The van der Waals surface area contributed by atoms with E-state index in [9.17, 15) is 5.11 Å². The summed E-state index contributed by atoms with van der Waals surface area (Å²) in [7, 11) is 0. The number of phenolic OH excluding ortho intramolecular Hbond substituents is 1. The number of anilines is 1. The van der Waals surface area contributed by atoms with Crippen molar-refractivity contribution in [3.8, 4) is 5.75 Å². The number of aryl methyl sites for hydroxylation is 1. The van der Waals surface area contributed by atoms with Crippen LogP contribution >= 0.6 is 12.4 Å². The number of aromatic nitrogens is 2. The topological polar surface area (TPSA) is 50.1 Å². The summed E-state index contributed by atoms with van der Waals surface area (Å²) in [6, 6.07) is 7.33. The van der Waals surface area contributed by atoms with Crippen molar-refractivity contribution in [1.29, 1.82) is 0 Å². The predicted molar refractivity (Wildman–Crippen MR) is 75.3 cm³/mol. The van der Waals surface area contributed by atoms with E-state index < -0.39 is 0 Å². The second-order valence-electron chi connectivity index (χ2n) is 3.94. The van der Waals surface area contributed by atoms with Crippen molar-refractivity contribution in [2.75, 3.05) is 5.32 Å². The molecule has 0 spiro atoms. The SMILES string of the molecule is CCn1ncc(NCc2ccccc2O)c1C.Cl. The summed E-state index contributed by atoms with van der Waals surface area (Å²) in [6.07, 6.45) is 1.82. The van der Waals surface area contributed by atoms with Gasteiger partial charge in [0.15, 0.2) is 0 Å². The van der Waals surface area contributed by atoms with E-state index in [0.29, 0.717) is 12.3 Å². The molecule has 18 heavy (non-hydrogen) atoms. The number of halogens is 1. The molecular weight excluding hydrogens is 250 g/mol. The van der Waals surface area contributed by atoms with Crippen LogP contribution in [-0.2, 0) is 13.1 Å². The molecule has 0 unspecified atom stereocenters. The Bertz CT molecular complexity index is 511. The molecule has 98 valence electrons. The normalized spacial score (nSPS) is 9.89. The van der Waals surface area contributed by atoms with Gasteiger partial charge in [0, 0.05) is 18.7 Å². The number of nitrogens with zero attached hydrogens (tertiary/aromatic N) is 2. The van der Waals surface area contributed by atoms with Crippen LogP contribution in [-0.4, -0.2) is 14.9 Å². The highest BCUT2D eigenvalue weighted by molar-refractivity contribution is 5.85. The first-order valence-electron chi connectivity index (χ1n) is 5.75. The van der Waals surface area contributed by atoms with Crippen molar-refractivity contribution in [2.24, 2.45) is 0 Å². The minimum Gasteiger partial charge on any atom is -0.508 e. The lowest BCUT2D eigenvalue weighted by atomic mass is 10.2. The Morgan fingerprint density at radius 2 is 2.06 bits per heavy atom. The van der Waals surface area contributed by atoms with Gasteiger partial charge < -0.3 is 10.4 Å². The standard InChI is InChI=1S/C13H17N3O.ClH/c1-3-16-10(2)12(9-15-16)14-8-11-6-4-5-7-13(11)17;/h4-7,9,14,17H,3,8H2,1-2H3;1H. The van der Waals surface area contributed by atoms with Crippen LogP contribution in [0.2, 0.25) is 0 Å². The van der Waals surface area contributed by atoms with Crippen LogP contribution in [0.15, 0.2) is 30.5 Å². The zero-order chi connectivity index (χ0) is 12.3. The zero-order valence-electron chi connectivity index (χ0n) is 10.6. The minimum atomic E-state index is 0. The van der Waals surface area contributed by atoms with Crippen LogP contribution in [0.3, 0.4) is 0 Å². The Kier molecular flexibility index (Phi) is 5.04. The Hall–Kier alpha value is -1.68. The molecule has 2 rings (SSSR count). The second-order valence-corrected chi connectivity index (χ2v) is 3.94. The lowest BCUT2D eigenvalue weighted by molar-refractivity contribution is 0.469. The van der Waals surface area contributed by atoms with Gasteiger partial charge in [-0.2, -0.15) is 5.10 Å². The largest absolute Gasteiger partial charge is 0.508 e. The highest BCUT2D eigenvalue weighted by atomic mass is 35.5. The maximum Gasteiger partial charge on any atom is 0.120 e. The summed E-state index contributed by atoms with van der Waals surface area (Å²) in [5.74, 6) is 0.320. The third-order valence-corrected chi connectivity index (χ3v) is 2.86. The summed E-state index contributed by atoms with van der Waals surface area (Å²) in [4.78, 5) is 0. The van der Waals surface area contributed by atoms with Gasteiger partial charge in [-0.1, -0.05) is 18.2 Å². The number of rotatable bonds is 4. The Labute approximate surface area is 113 Å². The molecule has 0 atom stereocenters. The number of phenols is 1. The average Bonchev–Trinajstić information content (AvgIpc) is 2.69. The van der Waals surface area contributed by atoms with Gasteiger partial charge in [0.25, 0.3) is 0 Å². The van der Waals surface area contributed by atoms with Gasteiger partial charge in [0.05, 0.1) is 17.6 Å². The molecule has 0 saturated carbocycles. The number of hydrogen-bond donors (Lipinski definition) is 2. The van der Waals surface area contributed by atoms with Gasteiger partial charge in [-0.3, -0.25) is 4.68 Å². The van der Waals surface area contributed by atoms with Gasteiger partial charge >= 0.3 is 0 Å². The fourth-order valence-corrected chi connectivity index (χ4v) is 1.79. The fraction of sp³-hybridized carbons (Fsp3) is 0.308. The highest BCUT2D eigenvalue weighted by Gasteiger charge is 2.05. The lowest BCUT2D eigenvalue weighted by Crippen LogP contribution is -2.02. The lowest BCUT2D eigenvalue weighted by Gasteiger charge is -2.07. The molecule has 0 saturated heterocycles. The van der Waals surface area contributed by atoms with Crippen molar-refractivity contribution in [3.63, 3.8) is 0 Å². The van der Waals surface area contributed by atoms with Crippen molar-refractivity contribution in [2.45, 2.75) is 26.9 Å². The van der Waals surface area contributed by atoms with Crippen LogP contribution < -0.4 is 5.32 Å².